The molecule has 1 amide bonds. The second-order valence-electron chi connectivity index (χ2n) is 6.21. The summed E-state index contributed by atoms with van der Waals surface area (Å²) in [7, 11) is 0. The van der Waals surface area contributed by atoms with Gasteiger partial charge in [-0.3, -0.25) is 9.59 Å². The SMILES string of the molecule is Cc1ccc(/C(O)=C2\C(=O)C(=O)N(CCOCCO)C2c2ccco2)cc1. The highest BCUT2D eigenvalue weighted by atomic mass is 16.5. The number of furan rings is 1. The van der Waals surface area contributed by atoms with Gasteiger partial charge in [-0.05, 0) is 19.1 Å². The number of benzene rings is 1. The van der Waals surface area contributed by atoms with Crippen molar-refractivity contribution in [2.75, 3.05) is 26.4 Å². The number of ketones is 1. The topological polar surface area (TPSA) is 100 Å². The predicted molar refractivity (Wildman–Crippen MR) is 96.8 cm³/mol. The third kappa shape index (κ3) is 3.79. The van der Waals surface area contributed by atoms with Crippen molar-refractivity contribution in [1.82, 2.24) is 4.90 Å². The Kier molecular flexibility index (Phi) is 5.73. The van der Waals surface area contributed by atoms with Gasteiger partial charge in [0.25, 0.3) is 11.7 Å². The Hall–Kier alpha value is -2.90. The summed E-state index contributed by atoms with van der Waals surface area (Å²) in [6.07, 6.45) is 1.45. The third-order valence-corrected chi connectivity index (χ3v) is 4.39. The largest absolute Gasteiger partial charge is 0.507 e. The number of nitrogens with zero attached hydrogens (tertiary/aromatic N) is 1. The zero-order chi connectivity index (χ0) is 19.4. The second-order valence-corrected chi connectivity index (χ2v) is 6.21. The smallest absolute Gasteiger partial charge is 0.295 e. The Balaban J connectivity index is 2.00. The number of hydrogen-bond donors (Lipinski definition) is 2. The number of amides is 1. The van der Waals surface area contributed by atoms with Crippen molar-refractivity contribution in [3.05, 3.63) is 65.1 Å². The molecule has 3 rings (SSSR count). The van der Waals surface area contributed by atoms with E-state index in [1.807, 2.05) is 19.1 Å². The lowest BCUT2D eigenvalue weighted by Crippen LogP contribution is -2.33. The summed E-state index contributed by atoms with van der Waals surface area (Å²) in [6, 6.07) is 9.50. The first-order valence-corrected chi connectivity index (χ1v) is 8.62. The predicted octanol–water partition coefficient (Wildman–Crippen LogP) is 2.02. The Morgan fingerprint density at radius 1 is 1.19 bits per heavy atom. The molecule has 0 aliphatic carbocycles. The minimum absolute atomic E-state index is 0.0130. The molecule has 0 radical (unpaired) electrons. The van der Waals surface area contributed by atoms with Gasteiger partial charge >= 0.3 is 0 Å². The van der Waals surface area contributed by atoms with Crippen LogP contribution in [0.4, 0.5) is 0 Å². The molecule has 1 aliphatic rings. The number of hydrogen-bond acceptors (Lipinski definition) is 6. The van der Waals surface area contributed by atoms with Gasteiger partial charge in [0, 0.05) is 12.1 Å². The lowest BCUT2D eigenvalue weighted by Gasteiger charge is -2.23. The van der Waals surface area contributed by atoms with Gasteiger partial charge in [-0.2, -0.15) is 0 Å². The van der Waals surface area contributed by atoms with Gasteiger partial charge in [0.2, 0.25) is 0 Å². The molecule has 1 aliphatic heterocycles. The summed E-state index contributed by atoms with van der Waals surface area (Å²) in [5.41, 5.74) is 1.45. The van der Waals surface area contributed by atoms with Crippen molar-refractivity contribution >= 4 is 17.4 Å². The summed E-state index contributed by atoms with van der Waals surface area (Å²) in [4.78, 5) is 26.5. The van der Waals surface area contributed by atoms with Gasteiger partial charge in [-0.1, -0.05) is 29.8 Å². The van der Waals surface area contributed by atoms with Crippen LogP contribution >= 0.6 is 0 Å². The van der Waals surface area contributed by atoms with Crippen LogP contribution in [0.3, 0.4) is 0 Å². The Morgan fingerprint density at radius 3 is 2.56 bits per heavy atom. The molecule has 1 fully saturated rings. The van der Waals surface area contributed by atoms with Gasteiger partial charge in [-0.25, -0.2) is 0 Å². The first kappa shape index (κ1) is 18.9. The highest BCUT2D eigenvalue weighted by Crippen LogP contribution is 2.39. The van der Waals surface area contributed by atoms with Gasteiger partial charge in [-0.15, -0.1) is 0 Å². The summed E-state index contributed by atoms with van der Waals surface area (Å²) in [6.45, 7) is 2.19. The van der Waals surface area contributed by atoms with Gasteiger partial charge < -0.3 is 24.3 Å². The zero-order valence-electron chi connectivity index (χ0n) is 14.9. The fraction of sp³-hybridized carbons (Fsp3) is 0.300. The lowest BCUT2D eigenvalue weighted by atomic mass is 9.99. The lowest BCUT2D eigenvalue weighted by molar-refractivity contribution is -0.140. The maximum atomic E-state index is 12.7. The van der Waals surface area contributed by atoms with Crippen molar-refractivity contribution in [3.8, 4) is 0 Å². The number of aliphatic hydroxyl groups is 2. The number of aliphatic hydroxyl groups excluding tert-OH is 2. The van der Waals surface area contributed by atoms with Gasteiger partial charge in [0.1, 0.15) is 17.6 Å². The van der Waals surface area contributed by atoms with Crippen molar-refractivity contribution in [3.63, 3.8) is 0 Å². The summed E-state index contributed by atoms with van der Waals surface area (Å²) >= 11 is 0. The molecule has 1 unspecified atom stereocenters. The molecule has 1 atom stereocenters. The molecule has 0 saturated carbocycles. The van der Waals surface area contributed by atoms with Crippen molar-refractivity contribution in [2.24, 2.45) is 0 Å². The van der Waals surface area contributed by atoms with Crippen LogP contribution in [0.5, 0.6) is 0 Å². The van der Waals surface area contributed by atoms with E-state index in [2.05, 4.69) is 0 Å². The second kappa shape index (κ2) is 8.20. The van der Waals surface area contributed by atoms with Crippen LogP contribution in [0.15, 0.2) is 52.7 Å². The molecule has 2 aromatic rings. The molecule has 1 aromatic carbocycles. The highest BCUT2D eigenvalue weighted by Gasteiger charge is 2.47. The molecule has 7 nitrogen and oxygen atoms in total. The minimum atomic E-state index is -0.834. The fourth-order valence-corrected chi connectivity index (χ4v) is 3.05. The zero-order valence-corrected chi connectivity index (χ0v) is 14.9. The van der Waals surface area contributed by atoms with Gasteiger partial charge in [0.15, 0.2) is 0 Å². The minimum Gasteiger partial charge on any atom is -0.507 e. The van der Waals surface area contributed by atoms with Crippen LogP contribution in [0.25, 0.3) is 5.76 Å². The van der Waals surface area contributed by atoms with E-state index in [0.29, 0.717) is 11.3 Å². The van der Waals surface area contributed by atoms with E-state index in [1.54, 1.807) is 24.3 Å². The Morgan fingerprint density at radius 2 is 1.93 bits per heavy atom. The van der Waals surface area contributed by atoms with Crippen LogP contribution in [0.1, 0.15) is 22.9 Å². The molecular weight excluding hydrogens is 350 g/mol. The third-order valence-electron chi connectivity index (χ3n) is 4.39. The molecule has 0 spiro atoms. The van der Waals surface area contributed by atoms with E-state index in [4.69, 9.17) is 14.3 Å². The number of carbonyl (C=O) groups excluding carboxylic acids is 2. The molecular formula is C20H21NO6. The molecule has 1 saturated heterocycles. The molecule has 2 N–H and O–H groups in total. The van der Waals surface area contributed by atoms with Crippen molar-refractivity contribution < 1.29 is 29.0 Å². The fourth-order valence-electron chi connectivity index (χ4n) is 3.05. The molecule has 7 heteroatoms. The Labute approximate surface area is 156 Å². The van der Waals surface area contributed by atoms with E-state index in [1.165, 1.54) is 11.2 Å². The van der Waals surface area contributed by atoms with E-state index in [0.717, 1.165) is 5.56 Å². The molecule has 142 valence electrons. The number of aryl methyl sites for hydroxylation is 1. The number of rotatable bonds is 7. The number of carbonyl (C=O) groups is 2. The normalized spacial score (nSPS) is 19.0. The van der Waals surface area contributed by atoms with E-state index >= 15 is 0 Å². The van der Waals surface area contributed by atoms with E-state index in [-0.39, 0.29) is 37.7 Å². The van der Waals surface area contributed by atoms with Crippen LogP contribution in [-0.4, -0.2) is 53.2 Å². The monoisotopic (exact) mass is 371 g/mol. The molecule has 0 bridgehead atoms. The standard InChI is InChI=1S/C20H21NO6/c1-13-4-6-14(7-5-13)18(23)16-17(15-3-2-10-27-15)21(20(25)19(16)24)8-11-26-12-9-22/h2-7,10,17,22-23H,8-9,11-12H2,1H3/b18-16+. The maximum Gasteiger partial charge on any atom is 0.295 e. The Bertz CT molecular complexity index is 838. The summed E-state index contributed by atoms with van der Waals surface area (Å²) < 4.78 is 10.7. The molecule has 1 aromatic heterocycles. The number of Topliss-reactive ketones (excluding diaryl/α,β-unsaturated/α-hetero) is 1. The van der Waals surface area contributed by atoms with Crippen LogP contribution in [-0.2, 0) is 14.3 Å². The molecule has 2 heterocycles. The summed E-state index contributed by atoms with van der Waals surface area (Å²) in [5, 5.41) is 19.6. The van der Waals surface area contributed by atoms with Crippen molar-refractivity contribution in [1.29, 1.82) is 0 Å². The van der Waals surface area contributed by atoms with Crippen LogP contribution < -0.4 is 0 Å². The quantitative estimate of drug-likeness (QED) is 0.334. The summed E-state index contributed by atoms with van der Waals surface area (Å²) in [5.74, 6) is -1.35. The van der Waals surface area contributed by atoms with Crippen LogP contribution in [0.2, 0.25) is 0 Å². The first-order chi connectivity index (χ1) is 13.0. The number of likely N-dealkylation sites (tertiary alicyclic amines) is 1. The van der Waals surface area contributed by atoms with E-state index in [9.17, 15) is 14.7 Å². The highest BCUT2D eigenvalue weighted by molar-refractivity contribution is 6.46. The molecule has 27 heavy (non-hydrogen) atoms. The van der Waals surface area contributed by atoms with Gasteiger partial charge in [0.05, 0.1) is 31.7 Å². The average molecular weight is 371 g/mol. The first-order valence-electron chi connectivity index (χ1n) is 8.62. The van der Waals surface area contributed by atoms with E-state index < -0.39 is 17.7 Å². The maximum absolute atomic E-state index is 12.7. The average Bonchev–Trinajstić information content (AvgIpc) is 3.27. The van der Waals surface area contributed by atoms with Crippen LogP contribution in [0, 0.1) is 6.92 Å². The number of ether oxygens (including phenoxy) is 1. The van der Waals surface area contributed by atoms with Crippen molar-refractivity contribution in [2.45, 2.75) is 13.0 Å².